The maximum Gasteiger partial charge on any atom is 0.322 e. The summed E-state index contributed by atoms with van der Waals surface area (Å²) >= 11 is 4.33. The molecular weight excluding hydrogens is 455 g/mol. The number of nitrogens with one attached hydrogen (secondary N) is 2. The molecule has 3 aromatic rings. The number of benzene rings is 2. The molecule has 1 aromatic heterocycles. The van der Waals surface area contributed by atoms with E-state index in [-0.39, 0.29) is 33.0 Å². The number of fused-ring (bicyclic) bond motifs is 3. The first-order valence-electron chi connectivity index (χ1n) is 9.03. The second-order valence-corrected chi connectivity index (χ2v) is 9.00. The van der Waals surface area contributed by atoms with Gasteiger partial charge in [-0.2, -0.15) is 0 Å². The summed E-state index contributed by atoms with van der Waals surface area (Å²) in [6.45, 7) is 0. The predicted molar refractivity (Wildman–Crippen MR) is 112 cm³/mol. The van der Waals surface area contributed by atoms with E-state index >= 15 is 0 Å². The Balaban J connectivity index is 1.76. The number of aromatic amines is 1. The number of carbonyl (C=O) groups is 1. The minimum absolute atomic E-state index is 0.0129. The first-order chi connectivity index (χ1) is 14.7. The minimum atomic E-state index is -1.41. The number of carbonyl (C=O) groups excluding carboxylic acids is 1. The van der Waals surface area contributed by atoms with Crippen molar-refractivity contribution in [1.82, 2.24) is 9.88 Å². The zero-order valence-corrected chi connectivity index (χ0v) is 17.5. The summed E-state index contributed by atoms with van der Waals surface area (Å²) in [5.41, 5.74) is 0.281. The van der Waals surface area contributed by atoms with Crippen LogP contribution in [0.4, 0.5) is 23.7 Å². The van der Waals surface area contributed by atoms with Gasteiger partial charge in [-0.3, -0.25) is 4.79 Å². The van der Waals surface area contributed by atoms with Crippen molar-refractivity contribution in [2.75, 3.05) is 18.1 Å². The van der Waals surface area contributed by atoms with Crippen LogP contribution in [0.2, 0.25) is 5.02 Å². The van der Waals surface area contributed by atoms with Crippen molar-refractivity contribution < 1.29 is 22.5 Å². The van der Waals surface area contributed by atoms with Crippen molar-refractivity contribution in [3.8, 4) is 0 Å². The zero-order valence-electron chi connectivity index (χ0n) is 16.0. The van der Waals surface area contributed by atoms with E-state index in [1.165, 1.54) is 24.1 Å². The maximum atomic E-state index is 14.0. The lowest BCUT2D eigenvalue weighted by molar-refractivity contribution is 0.208. The molecule has 2 aromatic carbocycles. The molecule has 31 heavy (non-hydrogen) atoms. The molecular formula is C20H15ClF3N3O3S. The van der Waals surface area contributed by atoms with Crippen LogP contribution < -0.4 is 10.9 Å². The Labute approximate surface area is 182 Å². The molecule has 1 unspecified atom stereocenters. The van der Waals surface area contributed by atoms with Crippen LogP contribution in [-0.2, 0) is 16.9 Å². The third kappa shape index (κ3) is 3.98. The number of urea groups is 1. The average molecular weight is 470 g/mol. The Morgan fingerprint density at radius 2 is 1.87 bits per heavy atom. The molecule has 0 fully saturated rings. The molecule has 0 radical (unpaired) electrons. The number of hydrogen-bond donors (Lipinski definition) is 2. The van der Waals surface area contributed by atoms with Crippen LogP contribution in [0.3, 0.4) is 0 Å². The van der Waals surface area contributed by atoms with Gasteiger partial charge < -0.3 is 19.8 Å². The normalized spacial score (nSPS) is 18.0. The number of hydrogen-bond acceptors (Lipinski definition) is 3. The highest BCUT2D eigenvalue weighted by atomic mass is 35.5. The van der Waals surface area contributed by atoms with E-state index in [1.54, 1.807) is 0 Å². The highest BCUT2D eigenvalue weighted by Gasteiger charge is 2.36. The lowest BCUT2D eigenvalue weighted by atomic mass is 9.97. The standard InChI is InChI=1S/C20H15ClF3N3O3S/c1-27(20(29)25-9-2-3-13(22)12(21)4-9)17-8-31(30)7-16-18(17)10-5-14(23)15(24)6-11(10)19(28)26-16/h2-6,17H,7-8H2,1H3,(H,25,29)(H,26,28)/t17?,31-/m1/s1. The highest BCUT2D eigenvalue weighted by Crippen LogP contribution is 2.36. The van der Waals surface area contributed by atoms with Crippen LogP contribution in [0.1, 0.15) is 17.3 Å². The first-order valence-corrected chi connectivity index (χ1v) is 10.9. The summed E-state index contributed by atoms with van der Waals surface area (Å²) in [6, 6.07) is 3.94. The predicted octanol–water partition coefficient (Wildman–Crippen LogP) is 4.07. The number of aromatic nitrogens is 1. The van der Waals surface area contributed by atoms with Crippen LogP contribution in [0, 0.1) is 17.5 Å². The fourth-order valence-corrected chi connectivity index (χ4v) is 5.19. The van der Waals surface area contributed by atoms with Crippen LogP contribution in [-0.4, -0.2) is 33.3 Å². The monoisotopic (exact) mass is 469 g/mol. The van der Waals surface area contributed by atoms with Gasteiger partial charge in [0.15, 0.2) is 11.6 Å². The van der Waals surface area contributed by atoms with Gasteiger partial charge >= 0.3 is 6.03 Å². The summed E-state index contributed by atoms with van der Waals surface area (Å²) < 4.78 is 53.5. The summed E-state index contributed by atoms with van der Waals surface area (Å²) in [7, 11) is 1.44. The average Bonchev–Trinajstić information content (AvgIpc) is 2.71. The second kappa shape index (κ2) is 8.10. The van der Waals surface area contributed by atoms with Gasteiger partial charge in [-0.25, -0.2) is 18.0 Å². The molecule has 2 atom stereocenters. The number of halogens is 4. The lowest BCUT2D eigenvalue weighted by Crippen LogP contribution is -2.41. The van der Waals surface area contributed by atoms with Crippen molar-refractivity contribution >= 4 is 45.3 Å². The van der Waals surface area contributed by atoms with Crippen LogP contribution in [0.25, 0.3) is 10.8 Å². The molecule has 0 saturated carbocycles. The summed E-state index contributed by atoms with van der Waals surface area (Å²) in [6.07, 6.45) is 0. The Hall–Kier alpha value is -2.69. The van der Waals surface area contributed by atoms with Crippen LogP contribution >= 0.6 is 11.6 Å². The number of anilines is 1. The summed E-state index contributed by atoms with van der Waals surface area (Å²) in [5, 5.41) is 2.46. The van der Waals surface area contributed by atoms with Gasteiger partial charge in [0.25, 0.3) is 5.56 Å². The van der Waals surface area contributed by atoms with Gasteiger partial charge in [0, 0.05) is 18.3 Å². The van der Waals surface area contributed by atoms with E-state index in [4.69, 9.17) is 11.6 Å². The largest absolute Gasteiger partial charge is 0.616 e. The van der Waals surface area contributed by atoms with Gasteiger partial charge in [0.05, 0.1) is 16.1 Å². The van der Waals surface area contributed by atoms with Crippen molar-refractivity contribution in [3.63, 3.8) is 0 Å². The molecule has 162 valence electrons. The second-order valence-electron chi connectivity index (χ2n) is 7.09. The van der Waals surface area contributed by atoms with E-state index in [2.05, 4.69) is 10.3 Å². The third-order valence-electron chi connectivity index (χ3n) is 5.13. The van der Waals surface area contributed by atoms with Crippen LogP contribution in [0.15, 0.2) is 35.1 Å². The van der Waals surface area contributed by atoms with Gasteiger partial charge in [0.2, 0.25) is 0 Å². The Bertz CT molecular complexity index is 1270. The Morgan fingerprint density at radius 3 is 2.55 bits per heavy atom. The molecule has 0 bridgehead atoms. The van der Waals surface area contributed by atoms with Gasteiger partial charge in [-0.15, -0.1) is 0 Å². The van der Waals surface area contributed by atoms with Crippen molar-refractivity contribution in [2.24, 2.45) is 0 Å². The molecule has 0 aliphatic carbocycles. The molecule has 1 aliphatic rings. The van der Waals surface area contributed by atoms with E-state index in [1.807, 2.05) is 0 Å². The van der Waals surface area contributed by atoms with E-state index in [9.17, 15) is 27.3 Å². The number of H-pyrrole nitrogens is 1. The van der Waals surface area contributed by atoms with Crippen molar-refractivity contribution in [1.29, 1.82) is 0 Å². The van der Waals surface area contributed by atoms with Gasteiger partial charge in [-0.05, 0) is 46.9 Å². The quantitative estimate of drug-likeness (QED) is 0.555. The lowest BCUT2D eigenvalue weighted by Gasteiger charge is -2.34. The molecule has 4 rings (SSSR count). The smallest absolute Gasteiger partial charge is 0.322 e. The van der Waals surface area contributed by atoms with Crippen molar-refractivity contribution in [3.05, 3.63) is 74.4 Å². The number of pyridine rings is 1. The summed E-state index contributed by atoms with van der Waals surface area (Å²) in [5.74, 6) is -2.92. The highest BCUT2D eigenvalue weighted by molar-refractivity contribution is 7.90. The van der Waals surface area contributed by atoms with E-state index in [0.717, 1.165) is 18.2 Å². The fourth-order valence-electron chi connectivity index (χ4n) is 3.60. The van der Waals surface area contributed by atoms with E-state index < -0.39 is 46.3 Å². The SMILES string of the molecule is CN(C(=O)Nc1ccc(F)c(Cl)c1)C1C[S@+]([O-])Cc2[nH]c(=O)c3cc(F)c(F)cc3c21. The molecule has 2 N–H and O–H groups in total. The van der Waals surface area contributed by atoms with Crippen LogP contribution in [0.5, 0.6) is 0 Å². The Morgan fingerprint density at radius 1 is 1.19 bits per heavy atom. The molecule has 0 spiro atoms. The minimum Gasteiger partial charge on any atom is -0.616 e. The topological polar surface area (TPSA) is 88.3 Å². The number of amides is 2. The fraction of sp³-hybridized carbons (Fsp3) is 0.200. The van der Waals surface area contributed by atoms with Crippen molar-refractivity contribution in [2.45, 2.75) is 11.8 Å². The molecule has 6 nitrogen and oxygen atoms in total. The number of rotatable bonds is 2. The molecule has 2 heterocycles. The first kappa shape index (κ1) is 21.5. The summed E-state index contributed by atoms with van der Waals surface area (Å²) in [4.78, 5) is 29.0. The number of nitrogens with zero attached hydrogens (tertiary/aromatic N) is 1. The molecule has 11 heteroatoms. The molecule has 1 aliphatic heterocycles. The third-order valence-corrected chi connectivity index (χ3v) is 6.71. The Kier molecular flexibility index (Phi) is 5.63. The van der Waals surface area contributed by atoms with Gasteiger partial charge in [0.1, 0.15) is 23.4 Å². The van der Waals surface area contributed by atoms with Gasteiger partial charge in [-0.1, -0.05) is 11.6 Å². The molecule has 0 saturated heterocycles. The van der Waals surface area contributed by atoms with E-state index in [0.29, 0.717) is 11.3 Å². The maximum absolute atomic E-state index is 14.0. The zero-order chi connectivity index (χ0) is 22.4. The molecule has 2 amide bonds.